The molecule has 2 rings (SSSR count). The summed E-state index contributed by atoms with van der Waals surface area (Å²) in [5.41, 5.74) is 4.47. The highest BCUT2D eigenvalue weighted by atomic mass is 79.9. The van der Waals surface area contributed by atoms with E-state index in [1.54, 1.807) is 0 Å². The average molecular weight is 350 g/mol. The van der Waals surface area contributed by atoms with Gasteiger partial charge in [0, 0.05) is 22.1 Å². The fourth-order valence-electron chi connectivity index (χ4n) is 2.72. The molecule has 0 aliphatic rings. The predicted molar refractivity (Wildman–Crippen MR) is 90.0 cm³/mol. The highest BCUT2D eigenvalue weighted by Crippen LogP contribution is 2.25. The molecule has 0 saturated carbocycles. The smallest absolute Gasteiger partial charge is 0.129 e. The van der Waals surface area contributed by atoms with Gasteiger partial charge in [0.25, 0.3) is 0 Å². The molecular weight excluding hydrogens is 329 g/mol. The molecule has 0 saturated heterocycles. The fraction of sp³-hybridized carbons (Fsp3) is 0.333. The van der Waals surface area contributed by atoms with Gasteiger partial charge in [0.1, 0.15) is 5.82 Å². The van der Waals surface area contributed by atoms with E-state index < -0.39 is 0 Å². The number of halogens is 2. The van der Waals surface area contributed by atoms with E-state index in [1.807, 2.05) is 19.1 Å². The Morgan fingerprint density at radius 3 is 2.19 bits per heavy atom. The third-order valence-corrected chi connectivity index (χ3v) is 4.31. The molecule has 2 aromatic carbocycles. The topological polar surface area (TPSA) is 12.0 Å². The van der Waals surface area contributed by atoms with Crippen LogP contribution in [-0.4, -0.2) is 0 Å². The Bertz CT molecular complexity index is 584. The Morgan fingerprint density at radius 1 is 0.952 bits per heavy atom. The molecule has 1 nitrogen and oxygen atoms in total. The lowest BCUT2D eigenvalue weighted by Gasteiger charge is -2.23. The summed E-state index contributed by atoms with van der Waals surface area (Å²) in [5, 5.41) is 3.48. The van der Waals surface area contributed by atoms with Gasteiger partial charge in [0.05, 0.1) is 0 Å². The van der Waals surface area contributed by atoms with E-state index in [4.69, 9.17) is 0 Å². The van der Waals surface area contributed by atoms with Crippen molar-refractivity contribution in [2.45, 2.75) is 39.8 Å². The lowest BCUT2D eigenvalue weighted by atomic mass is 9.98. The first-order chi connectivity index (χ1) is 9.88. The molecule has 0 bridgehead atoms. The summed E-state index contributed by atoms with van der Waals surface area (Å²) >= 11 is 3.29. The first-order valence-electron chi connectivity index (χ1n) is 7.16. The van der Waals surface area contributed by atoms with Crippen molar-refractivity contribution in [3.05, 3.63) is 68.9 Å². The molecule has 0 heterocycles. The third-order valence-electron chi connectivity index (χ3n) is 3.82. The van der Waals surface area contributed by atoms with Crippen LogP contribution < -0.4 is 5.32 Å². The maximum atomic E-state index is 14.0. The van der Waals surface area contributed by atoms with Crippen LogP contribution in [0.3, 0.4) is 0 Å². The molecule has 3 heteroatoms. The minimum absolute atomic E-state index is 0.0474. The van der Waals surface area contributed by atoms with Crippen molar-refractivity contribution in [2.75, 3.05) is 0 Å². The van der Waals surface area contributed by atoms with E-state index in [9.17, 15) is 4.39 Å². The first kappa shape index (κ1) is 16.2. The van der Waals surface area contributed by atoms with Crippen LogP contribution in [0.25, 0.3) is 0 Å². The van der Waals surface area contributed by atoms with Crippen LogP contribution in [0.15, 0.2) is 40.9 Å². The SMILES string of the molecule is Cc1ccc(C(C)NC(C)c2ccc(Br)cc2F)c(C)c1. The second kappa shape index (κ2) is 6.71. The van der Waals surface area contributed by atoms with Gasteiger partial charge in [-0.05, 0) is 51.0 Å². The molecule has 0 aromatic heterocycles. The van der Waals surface area contributed by atoms with Gasteiger partial charge in [-0.2, -0.15) is 0 Å². The Kier molecular flexibility index (Phi) is 5.17. The lowest BCUT2D eigenvalue weighted by Crippen LogP contribution is -2.23. The number of benzene rings is 2. The summed E-state index contributed by atoms with van der Waals surface area (Å²) in [7, 11) is 0. The molecule has 0 aliphatic carbocycles. The minimum Gasteiger partial charge on any atom is -0.304 e. The molecule has 0 amide bonds. The molecule has 1 N–H and O–H groups in total. The van der Waals surface area contributed by atoms with Gasteiger partial charge in [0.15, 0.2) is 0 Å². The Labute approximate surface area is 134 Å². The van der Waals surface area contributed by atoms with E-state index in [2.05, 4.69) is 60.2 Å². The average Bonchev–Trinajstić information content (AvgIpc) is 2.37. The summed E-state index contributed by atoms with van der Waals surface area (Å²) in [6.07, 6.45) is 0. The molecule has 0 spiro atoms. The number of rotatable bonds is 4. The molecule has 2 aromatic rings. The summed E-state index contributed by atoms with van der Waals surface area (Å²) in [5.74, 6) is -0.183. The van der Waals surface area contributed by atoms with Crippen molar-refractivity contribution in [1.82, 2.24) is 5.32 Å². The van der Waals surface area contributed by atoms with Crippen molar-refractivity contribution < 1.29 is 4.39 Å². The van der Waals surface area contributed by atoms with E-state index in [0.29, 0.717) is 5.56 Å². The van der Waals surface area contributed by atoms with Crippen molar-refractivity contribution in [1.29, 1.82) is 0 Å². The minimum atomic E-state index is -0.183. The van der Waals surface area contributed by atoms with Gasteiger partial charge in [-0.3, -0.25) is 0 Å². The van der Waals surface area contributed by atoms with E-state index in [-0.39, 0.29) is 17.9 Å². The number of hydrogen-bond acceptors (Lipinski definition) is 1. The molecule has 0 aliphatic heterocycles. The van der Waals surface area contributed by atoms with Crippen LogP contribution in [0.5, 0.6) is 0 Å². The van der Waals surface area contributed by atoms with Crippen molar-refractivity contribution in [3.63, 3.8) is 0 Å². The highest BCUT2D eigenvalue weighted by Gasteiger charge is 2.15. The van der Waals surface area contributed by atoms with Gasteiger partial charge < -0.3 is 5.32 Å². The first-order valence-corrected chi connectivity index (χ1v) is 7.96. The molecular formula is C18H21BrFN. The van der Waals surface area contributed by atoms with Crippen LogP contribution in [0.1, 0.15) is 48.2 Å². The van der Waals surface area contributed by atoms with Gasteiger partial charge >= 0.3 is 0 Å². The van der Waals surface area contributed by atoms with E-state index in [1.165, 1.54) is 22.8 Å². The molecule has 2 unspecified atom stereocenters. The molecule has 112 valence electrons. The van der Waals surface area contributed by atoms with E-state index in [0.717, 1.165) is 4.47 Å². The lowest BCUT2D eigenvalue weighted by molar-refractivity contribution is 0.472. The standard InChI is InChI=1S/C18H21BrFN/c1-11-5-7-16(12(2)9-11)13(3)21-14(4)17-8-6-15(19)10-18(17)20/h5-10,13-14,21H,1-4H3. The largest absolute Gasteiger partial charge is 0.304 e. The second-order valence-corrected chi connectivity index (χ2v) is 6.55. The monoisotopic (exact) mass is 349 g/mol. The summed E-state index contributed by atoms with van der Waals surface area (Å²) in [4.78, 5) is 0. The van der Waals surface area contributed by atoms with Gasteiger partial charge in [-0.25, -0.2) is 4.39 Å². The van der Waals surface area contributed by atoms with Crippen molar-refractivity contribution in [2.24, 2.45) is 0 Å². The Balaban J connectivity index is 2.16. The number of aryl methyl sites for hydroxylation is 2. The normalized spacial score (nSPS) is 14.0. The van der Waals surface area contributed by atoms with Gasteiger partial charge in [-0.15, -0.1) is 0 Å². The van der Waals surface area contributed by atoms with Crippen LogP contribution in [0.4, 0.5) is 4.39 Å². The second-order valence-electron chi connectivity index (χ2n) is 5.64. The summed E-state index contributed by atoms with van der Waals surface area (Å²) in [6.45, 7) is 8.32. The van der Waals surface area contributed by atoms with Crippen molar-refractivity contribution in [3.8, 4) is 0 Å². The van der Waals surface area contributed by atoms with Gasteiger partial charge in [0.2, 0.25) is 0 Å². The van der Waals surface area contributed by atoms with Crippen molar-refractivity contribution >= 4 is 15.9 Å². The number of nitrogens with one attached hydrogen (secondary N) is 1. The van der Waals surface area contributed by atoms with Crippen LogP contribution in [0.2, 0.25) is 0 Å². The number of hydrogen-bond donors (Lipinski definition) is 1. The predicted octanol–water partition coefficient (Wildman–Crippen LogP) is 5.62. The fourth-order valence-corrected chi connectivity index (χ4v) is 3.05. The molecule has 2 atom stereocenters. The molecule has 0 radical (unpaired) electrons. The summed E-state index contributed by atoms with van der Waals surface area (Å²) < 4.78 is 14.8. The summed E-state index contributed by atoms with van der Waals surface area (Å²) in [6, 6.07) is 11.8. The maximum absolute atomic E-state index is 14.0. The molecule has 0 fully saturated rings. The van der Waals surface area contributed by atoms with E-state index >= 15 is 0 Å². The third kappa shape index (κ3) is 3.92. The van der Waals surface area contributed by atoms with Crippen LogP contribution in [-0.2, 0) is 0 Å². The zero-order valence-corrected chi connectivity index (χ0v) is 14.5. The Hall–Kier alpha value is -1.19. The zero-order valence-electron chi connectivity index (χ0n) is 12.9. The Morgan fingerprint density at radius 2 is 1.57 bits per heavy atom. The van der Waals surface area contributed by atoms with Gasteiger partial charge in [-0.1, -0.05) is 45.8 Å². The van der Waals surface area contributed by atoms with Crippen LogP contribution in [0, 0.1) is 19.7 Å². The molecule has 21 heavy (non-hydrogen) atoms. The highest BCUT2D eigenvalue weighted by molar-refractivity contribution is 9.10. The quantitative estimate of drug-likeness (QED) is 0.755. The maximum Gasteiger partial charge on any atom is 0.129 e. The zero-order chi connectivity index (χ0) is 15.6. The van der Waals surface area contributed by atoms with Crippen LogP contribution >= 0.6 is 15.9 Å².